The first kappa shape index (κ1) is 14.2. The molecule has 3 nitrogen and oxygen atoms in total. The molecule has 1 fully saturated rings. The summed E-state index contributed by atoms with van der Waals surface area (Å²) in [6.07, 6.45) is -3.19. The zero-order valence-corrected chi connectivity index (χ0v) is 9.72. The molecule has 1 N–H and O–H groups in total. The zero-order chi connectivity index (χ0) is 13.2. The molecule has 2 atom stereocenters. The lowest BCUT2D eigenvalue weighted by atomic mass is 10.2. The van der Waals surface area contributed by atoms with E-state index < -0.39 is 37.0 Å². The summed E-state index contributed by atoms with van der Waals surface area (Å²) in [7, 11) is 0. The van der Waals surface area contributed by atoms with Crippen molar-refractivity contribution in [1.82, 2.24) is 10.2 Å². The van der Waals surface area contributed by atoms with Gasteiger partial charge in [0.1, 0.15) is 0 Å². The fourth-order valence-corrected chi connectivity index (χ4v) is 1.85. The molecule has 0 spiro atoms. The predicted octanol–water partition coefficient (Wildman–Crippen LogP) is 1.83. The minimum absolute atomic E-state index is 0.468. The summed E-state index contributed by atoms with van der Waals surface area (Å²) in [5.41, 5.74) is 0. The SMILES string of the molecule is CCCC1NC(C)C(=O)N1CC(F)(F)C(F)F. The van der Waals surface area contributed by atoms with Gasteiger partial charge in [-0.3, -0.25) is 10.1 Å². The molecular formula is C10H16F4N2O. The molecular weight excluding hydrogens is 240 g/mol. The number of nitrogens with zero attached hydrogens (tertiary/aromatic N) is 1. The number of nitrogens with one attached hydrogen (secondary N) is 1. The molecule has 7 heteroatoms. The van der Waals surface area contributed by atoms with E-state index >= 15 is 0 Å². The van der Waals surface area contributed by atoms with Gasteiger partial charge in [-0.25, -0.2) is 8.78 Å². The third kappa shape index (κ3) is 3.08. The van der Waals surface area contributed by atoms with E-state index in [1.807, 2.05) is 6.92 Å². The van der Waals surface area contributed by atoms with Crippen LogP contribution in [0.5, 0.6) is 0 Å². The molecule has 1 heterocycles. The molecule has 0 aromatic rings. The van der Waals surface area contributed by atoms with Gasteiger partial charge < -0.3 is 4.90 Å². The van der Waals surface area contributed by atoms with Crippen LogP contribution < -0.4 is 5.32 Å². The summed E-state index contributed by atoms with van der Waals surface area (Å²) in [6, 6.07) is -0.597. The Hall–Kier alpha value is -0.850. The molecule has 0 saturated carbocycles. The first-order chi connectivity index (χ1) is 7.79. The summed E-state index contributed by atoms with van der Waals surface area (Å²) in [6.45, 7) is 2.13. The average Bonchev–Trinajstić information content (AvgIpc) is 2.46. The molecule has 0 bridgehead atoms. The summed E-state index contributed by atoms with van der Waals surface area (Å²) >= 11 is 0. The number of halogens is 4. The van der Waals surface area contributed by atoms with E-state index in [2.05, 4.69) is 5.32 Å². The van der Waals surface area contributed by atoms with Crippen LogP contribution in [0.1, 0.15) is 26.7 Å². The largest absolute Gasteiger partial charge is 0.324 e. The maximum absolute atomic E-state index is 12.9. The Morgan fingerprint density at radius 1 is 1.47 bits per heavy atom. The van der Waals surface area contributed by atoms with Crippen molar-refractivity contribution in [3.05, 3.63) is 0 Å². The monoisotopic (exact) mass is 256 g/mol. The van der Waals surface area contributed by atoms with E-state index in [9.17, 15) is 22.4 Å². The van der Waals surface area contributed by atoms with Gasteiger partial charge in [-0.1, -0.05) is 13.3 Å². The predicted molar refractivity (Wildman–Crippen MR) is 54.0 cm³/mol. The molecule has 1 aliphatic rings. The molecule has 1 amide bonds. The number of hydrogen-bond donors (Lipinski definition) is 1. The van der Waals surface area contributed by atoms with Crippen LogP contribution in [0.25, 0.3) is 0 Å². The summed E-state index contributed by atoms with van der Waals surface area (Å²) in [4.78, 5) is 12.4. The molecule has 0 aromatic heterocycles. The van der Waals surface area contributed by atoms with Crippen molar-refractivity contribution in [2.24, 2.45) is 0 Å². The normalized spacial score (nSPS) is 26.1. The molecule has 0 aromatic carbocycles. The van der Waals surface area contributed by atoms with Crippen molar-refractivity contribution >= 4 is 5.91 Å². The average molecular weight is 256 g/mol. The molecule has 2 unspecified atom stereocenters. The van der Waals surface area contributed by atoms with Gasteiger partial charge in [0.15, 0.2) is 0 Å². The maximum atomic E-state index is 12.9. The van der Waals surface area contributed by atoms with E-state index in [1.54, 1.807) is 0 Å². The standard InChI is InChI=1S/C10H16F4N2O/c1-3-4-7-15-6(2)8(17)16(7)5-10(13,14)9(11)12/h6-7,9,15H,3-5H2,1-2H3. The molecule has 0 aliphatic carbocycles. The van der Waals surface area contributed by atoms with Crippen LogP contribution in [0.15, 0.2) is 0 Å². The number of hydrogen-bond acceptors (Lipinski definition) is 2. The van der Waals surface area contributed by atoms with Crippen LogP contribution in [0, 0.1) is 0 Å². The van der Waals surface area contributed by atoms with Crippen molar-refractivity contribution in [2.75, 3.05) is 6.54 Å². The first-order valence-electron chi connectivity index (χ1n) is 5.52. The topological polar surface area (TPSA) is 32.3 Å². The minimum atomic E-state index is -4.16. The van der Waals surface area contributed by atoms with Gasteiger partial charge in [-0.2, -0.15) is 8.78 Å². The van der Waals surface area contributed by atoms with E-state index in [1.165, 1.54) is 6.92 Å². The van der Waals surface area contributed by atoms with Gasteiger partial charge in [-0.05, 0) is 13.3 Å². The number of carbonyl (C=O) groups is 1. The van der Waals surface area contributed by atoms with Crippen LogP contribution >= 0.6 is 0 Å². The lowest BCUT2D eigenvalue weighted by molar-refractivity contribution is -0.157. The van der Waals surface area contributed by atoms with Crippen molar-refractivity contribution in [1.29, 1.82) is 0 Å². The van der Waals surface area contributed by atoms with Gasteiger partial charge >= 0.3 is 12.3 Å². The first-order valence-corrected chi connectivity index (χ1v) is 5.52. The Labute approximate surface area is 97.2 Å². The van der Waals surface area contributed by atoms with Crippen LogP contribution in [0.2, 0.25) is 0 Å². The quantitative estimate of drug-likeness (QED) is 0.761. The van der Waals surface area contributed by atoms with E-state index in [0.717, 1.165) is 4.90 Å². The van der Waals surface area contributed by atoms with Crippen LogP contribution in [-0.2, 0) is 4.79 Å². The summed E-state index contributed by atoms with van der Waals surface area (Å²) < 4.78 is 50.1. The fourth-order valence-electron chi connectivity index (χ4n) is 1.85. The van der Waals surface area contributed by atoms with Crippen molar-refractivity contribution in [2.45, 2.75) is 51.2 Å². The zero-order valence-electron chi connectivity index (χ0n) is 9.72. The second-order valence-corrected chi connectivity index (χ2v) is 4.22. The molecule has 1 rings (SSSR count). The van der Waals surface area contributed by atoms with E-state index in [4.69, 9.17) is 0 Å². The molecule has 0 radical (unpaired) electrons. The Bertz CT molecular complexity index is 285. The van der Waals surface area contributed by atoms with Gasteiger partial charge in [0, 0.05) is 0 Å². The fraction of sp³-hybridized carbons (Fsp3) is 0.900. The van der Waals surface area contributed by atoms with Crippen LogP contribution in [0.3, 0.4) is 0 Å². The summed E-state index contributed by atoms with van der Waals surface area (Å²) in [5.74, 6) is -4.71. The second-order valence-electron chi connectivity index (χ2n) is 4.22. The Kier molecular flexibility index (Phi) is 4.35. The number of rotatable bonds is 5. The van der Waals surface area contributed by atoms with Crippen molar-refractivity contribution in [3.63, 3.8) is 0 Å². The smallest absolute Gasteiger partial charge is 0.320 e. The molecule has 17 heavy (non-hydrogen) atoms. The summed E-state index contributed by atoms with van der Waals surface area (Å²) in [5, 5.41) is 2.81. The number of amides is 1. The Balaban J connectivity index is 2.75. The van der Waals surface area contributed by atoms with Gasteiger partial charge in [0.25, 0.3) is 0 Å². The van der Waals surface area contributed by atoms with Crippen LogP contribution in [-0.4, -0.2) is 41.9 Å². The number of alkyl halides is 4. The highest BCUT2D eigenvalue weighted by Gasteiger charge is 2.47. The van der Waals surface area contributed by atoms with Gasteiger partial charge in [0.05, 0.1) is 18.8 Å². The second kappa shape index (κ2) is 5.20. The highest BCUT2D eigenvalue weighted by Crippen LogP contribution is 2.27. The molecule has 1 saturated heterocycles. The Morgan fingerprint density at radius 2 is 2.06 bits per heavy atom. The Morgan fingerprint density at radius 3 is 2.53 bits per heavy atom. The maximum Gasteiger partial charge on any atom is 0.324 e. The highest BCUT2D eigenvalue weighted by molar-refractivity contribution is 5.83. The van der Waals surface area contributed by atoms with Gasteiger partial charge in [-0.15, -0.1) is 0 Å². The minimum Gasteiger partial charge on any atom is -0.320 e. The van der Waals surface area contributed by atoms with Crippen molar-refractivity contribution < 1.29 is 22.4 Å². The van der Waals surface area contributed by atoms with E-state index in [-0.39, 0.29) is 0 Å². The molecule has 1 aliphatic heterocycles. The third-order valence-corrected chi connectivity index (χ3v) is 2.73. The lowest BCUT2D eigenvalue weighted by Gasteiger charge is -2.27. The van der Waals surface area contributed by atoms with Crippen LogP contribution in [0.4, 0.5) is 17.6 Å². The lowest BCUT2D eigenvalue weighted by Crippen LogP contribution is -2.47. The van der Waals surface area contributed by atoms with E-state index in [0.29, 0.717) is 12.8 Å². The molecule has 100 valence electrons. The number of carbonyl (C=O) groups excluding carboxylic acids is 1. The highest BCUT2D eigenvalue weighted by atomic mass is 19.3. The van der Waals surface area contributed by atoms with Gasteiger partial charge in [0.2, 0.25) is 5.91 Å². The van der Waals surface area contributed by atoms with Crippen molar-refractivity contribution in [3.8, 4) is 0 Å². The third-order valence-electron chi connectivity index (χ3n) is 2.73.